The molecule has 0 radical (unpaired) electrons. The number of amides is 2. The highest BCUT2D eigenvalue weighted by atomic mass is 19.1. The molecule has 0 saturated carbocycles. The summed E-state index contributed by atoms with van der Waals surface area (Å²) in [6.45, 7) is 5.59. The topological polar surface area (TPSA) is 67.4 Å². The van der Waals surface area contributed by atoms with Crippen LogP contribution < -0.4 is 10.6 Å². The van der Waals surface area contributed by atoms with Crippen LogP contribution in [0.5, 0.6) is 0 Å². The Bertz CT molecular complexity index is 864. The van der Waals surface area contributed by atoms with E-state index < -0.39 is 6.03 Å². The molecule has 1 aliphatic rings. The number of carbonyl (C=O) groups excluding carboxylic acids is 2. The van der Waals surface area contributed by atoms with Crippen LogP contribution in [0.3, 0.4) is 0 Å². The third-order valence-corrected chi connectivity index (χ3v) is 4.42. The number of carbonyl (C=O) groups is 2. The van der Waals surface area contributed by atoms with Crippen molar-refractivity contribution in [3.8, 4) is 0 Å². The summed E-state index contributed by atoms with van der Waals surface area (Å²) in [7, 11) is 0. The lowest BCUT2D eigenvalue weighted by Gasteiger charge is -2.24. The van der Waals surface area contributed by atoms with Gasteiger partial charge in [0, 0.05) is 16.8 Å². The van der Waals surface area contributed by atoms with Crippen LogP contribution in [0.2, 0.25) is 0 Å². The maximum atomic E-state index is 13.3. The van der Waals surface area contributed by atoms with Crippen LogP contribution in [0.15, 0.2) is 42.5 Å². The monoisotopic (exact) mass is 356 g/mol. The van der Waals surface area contributed by atoms with Gasteiger partial charge in [0.1, 0.15) is 11.9 Å². The molecule has 26 heavy (non-hydrogen) atoms. The zero-order valence-corrected chi connectivity index (χ0v) is 14.9. The van der Waals surface area contributed by atoms with E-state index in [1.54, 1.807) is 31.2 Å². The van der Waals surface area contributed by atoms with Crippen molar-refractivity contribution in [2.24, 2.45) is 5.41 Å². The molecule has 1 saturated heterocycles. The summed E-state index contributed by atoms with van der Waals surface area (Å²) in [5.74, 6) is -0.542. The molecule has 1 aliphatic heterocycles. The fourth-order valence-electron chi connectivity index (χ4n) is 3.11. The first kappa shape index (κ1) is 17.9. The van der Waals surface area contributed by atoms with Crippen LogP contribution in [0.4, 0.5) is 20.6 Å². The van der Waals surface area contributed by atoms with Crippen LogP contribution in [-0.2, 0) is 9.53 Å². The first-order chi connectivity index (χ1) is 12.2. The van der Waals surface area contributed by atoms with E-state index in [1.165, 1.54) is 12.1 Å². The molecule has 0 aromatic heterocycles. The molecular weight excluding hydrogens is 335 g/mol. The molecule has 0 bridgehead atoms. The molecule has 1 unspecified atom stereocenters. The summed E-state index contributed by atoms with van der Waals surface area (Å²) in [6.07, 6.45) is 0.0132. The van der Waals surface area contributed by atoms with Crippen molar-refractivity contribution >= 4 is 23.4 Å². The highest BCUT2D eigenvalue weighted by molar-refractivity contribution is 5.99. The minimum absolute atomic E-state index is 0.220. The van der Waals surface area contributed by atoms with Gasteiger partial charge in [0.25, 0.3) is 0 Å². The van der Waals surface area contributed by atoms with Crippen molar-refractivity contribution in [3.63, 3.8) is 0 Å². The molecule has 2 N–H and O–H groups in total. The zero-order chi connectivity index (χ0) is 18.9. The Morgan fingerprint density at radius 1 is 1.15 bits per heavy atom. The molecule has 0 spiro atoms. The van der Waals surface area contributed by atoms with E-state index in [-0.39, 0.29) is 23.3 Å². The van der Waals surface area contributed by atoms with Crippen LogP contribution in [0, 0.1) is 18.2 Å². The van der Waals surface area contributed by atoms with E-state index in [9.17, 15) is 14.0 Å². The summed E-state index contributed by atoms with van der Waals surface area (Å²) < 4.78 is 18.7. The van der Waals surface area contributed by atoms with E-state index >= 15 is 0 Å². The second-order valence-electron chi connectivity index (χ2n) is 7.20. The van der Waals surface area contributed by atoms with Crippen molar-refractivity contribution in [1.82, 2.24) is 0 Å². The summed E-state index contributed by atoms with van der Waals surface area (Å²) in [5.41, 5.74) is 2.07. The summed E-state index contributed by atoms with van der Waals surface area (Å²) in [6, 6.07) is 11.2. The lowest BCUT2D eigenvalue weighted by atomic mass is 9.82. The van der Waals surface area contributed by atoms with E-state index in [4.69, 9.17) is 4.74 Å². The van der Waals surface area contributed by atoms with Gasteiger partial charge in [-0.1, -0.05) is 26.0 Å². The zero-order valence-electron chi connectivity index (χ0n) is 14.9. The maximum Gasteiger partial charge on any atom is 0.323 e. The van der Waals surface area contributed by atoms with Gasteiger partial charge in [-0.3, -0.25) is 4.79 Å². The summed E-state index contributed by atoms with van der Waals surface area (Å²) in [5, 5.41) is 5.41. The predicted octanol–water partition coefficient (Wildman–Crippen LogP) is 4.79. The number of cyclic esters (lactones) is 1. The standard InChI is InChI=1S/C20H21FN2O3/c1-12-9-15(7-8-16(12)21)23-19(25)22-14-6-4-5-13(10-14)18-20(2,3)11-17(24)26-18/h4-10,18H,11H2,1-3H3,(H2,22,23,25). The Morgan fingerprint density at radius 2 is 1.85 bits per heavy atom. The van der Waals surface area contributed by atoms with Crippen LogP contribution in [0.25, 0.3) is 0 Å². The van der Waals surface area contributed by atoms with Crippen molar-refractivity contribution < 1.29 is 18.7 Å². The van der Waals surface area contributed by atoms with E-state index in [2.05, 4.69) is 10.6 Å². The van der Waals surface area contributed by atoms with Gasteiger partial charge in [-0.25, -0.2) is 9.18 Å². The molecule has 1 heterocycles. The molecule has 2 aromatic rings. The average molecular weight is 356 g/mol. The Morgan fingerprint density at radius 3 is 2.46 bits per heavy atom. The molecule has 0 aliphatic carbocycles. The number of hydrogen-bond acceptors (Lipinski definition) is 3. The number of rotatable bonds is 3. The summed E-state index contributed by atoms with van der Waals surface area (Å²) >= 11 is 0. The molecule has 6 heteroatoms. The normalized spacial score (nSPS) is 18.3. The SMILES string of the molecule is Cc1cc(NC(=O)Nc2cccc(C3OC(=O)CC3(C)C)c2)ccc1F. The molecule has 5 nitrogen and oxygen atoms in total. The third kappa shape index (κ3) is 3.85. The number of halogens is 1. The predicted molar refractivity (Wildman–Crippen MR) is 97.5 cm³/mol. The van der Waals surface area contributed by atoms with Gasteiger partial charge in [-0.05, 0) is 48.4 Å². The van der Waals surface area contributed by atoms with Gasteiger partial charge < -0.3 is 15.4 Å². The Hall–Kier alpha value is -2.89. The second kappa shape index (κ2) is 6.78. The van der Waals surface area contributed by atoms with Gasteiger partial charge in [0.05, 0.1) is 6.42 Å². The minimum atomic E-state index is -0.434. The van der Waals surface area contributed by atoms with Gasteiger partial charge in [-0.15, -0.1) is 0 Å². The maximum absolute atomic E-state index is 13.3. The molecule has 136 valence electrons. The smallest absolute Gasteiger partial charge is 0.323 e. The van der Waals surface area contributed by atoms with Gasteiger partial charge >= 0.3 is 12.0 Å². The Balaban J connectivity index is 1.71. The number of aryl methyl sites for hydroxylation is 1. The number of nitrogens with one attached hydrogen (secondary N) is 2. The lowest BCUT2D eigenvalue weighted by molar-refractivity contribution is -0.142. The van der Waals surface area contributed by atoms with E-state index in [0.29, 0.717) is 23.4 Å². The first-order valence-electron chi connectivity index (χ1n) is 8.38. The van der Waals surface area contributed by atoms with Crippen LogP contribution >= 0.6 is 0 Å². The fourth-order valence-corrected chi connectivity index (χ4v) is 3.11. The second-order valence-corrected chi connectivity index (χ2v) is 7.20. The number of urea groups is 1. The van der Waals surface area contributed by atoms with Crippen molar-refractivity contribution in [2.75, 3.05) is 10.6 Å². The Labute approximate surface area is 151 Å². The molecule has 2 amide bonds. The number of hydrogen-bond donors (Lipinski definition) is 2. The Kier molecular flexibility index (Phi) is 4.68. The average Bonchev–Trinajstić information content (AvgIpc) is 2.83. The first-order valence-corrected chi connectivity index (χ1v) is 8.38. The van der Waals surface area contributed by atoms with Crippen molar-refractivity contribution in [2.45, 2.75) is 33.3 Å². The minimum Gasteiger partial charge on any atom is -0.457 e. The van der Waals surface area contributed by atoms with Gasteiger partial charge in [0.2, 0.25) is 0 Å². The molecule has 3 rings (SSSR count). The van der Waals surface area contributed by atoms with E-state index in [1.807, 2.05) is 19.9 Å². The highest BCUT2D eigenvalue weighted by Gasteiger charge is 2.42. The molecular formula is C20H21FN2O3. The summed E-state index contributed by atoms with van der Waals surface area (Å²) in [4.78, 5) is 23.8. The van der Waals surface area contributed by atoms with Crippen LogP contribution in [0.1, 0.15) is 37.5 Å². The van der Waals surface area contributed by atoms with Gasteiger partial charge in [-0.2, -0.15) is 0 Å². The van der Waals surface area contributed by atoms with Gasteiger partial charge in [0.15, 0.2) is 0 Å². The molecule has 1 atom stereocenters. The highest BCUT2D eigenvalue weighted by Crippen LogP contribution is 2.45. The molecule has 2 aromatic carbocycles. The number of anilines is 2. The number of benzene rings is 2. The quantitative estimate of drug-likeness (QED) is 0.777. The number of esters is 1. The third-order valence-electron chi connectivity index (χ3n) is 4.42. The fraction of sp³-hybridized carbons (Fsp3) is 0.300. The van der Waals surface area contributed by atoms with Crippen LogP contribution in [-0.4, -0.2) is 12.0 Å². The molecule has 1 fully saturated rings. The largest absolute Gasteiger partial charge is 0.457 e. The van der Waals surface area contributed by atoms with Crippen molar-refractivity contribution in [1.29, 1.82) is 0 Å². The lowest BCUT2D eigenvalue weighted by Crippen LogP contribution is -2.20. The number of ether oxygens (including phenoxy) is 1. The van der Waals surface area contributed by atoms with E-state index in [0.717, 1.165) is 5.56 Å². The van der Waals surface area contributed by atoms with Crippen molar-refractivity contribution in [3.05, 3.63) is 59.4 Å².